The zero-order valence-corrected chi connectivity index (χ0v) is 10.1. The van der Waals surface area contributed by atoms with Gasteiger partial charge in [0.25, 0.3) is 0 Å². The Balaban J connectivity index is 2.78. The van der Waals surface area contributed by atoms with E-state index in [9.17, 15) is 5.11 Å². The van der Waals surface area contributed by atoms with Crippen molar-refractivity contribution in [1.29, 1.82) is 0 Å². The van der Waals surface area contributed by atoms with Gasteiger partial charge >= 0.3 is 0 Å². The van der Waals surface area contributed by atoms with E-state index in [0.717, 1.165) is 0 Å². The predicted molar refractivity (Wildman–Crippen MR) is 55.1 cm³/mol. The summed E-state index contributed by atoms with van der Waals surface area (Å²) in [4.78, 5) is 0. The zero-order chi connectivity index (χ0) is 12.1. The molecule has 0 spiro atoms. The van der Waals surface area contributed by atoms with Crippen LogP contribution >= 0.6 is 0 Å². The monoisotopic (exact) mass is 236 g/mol. The molecule has 6 nitrogen and oxygen atoms in total. The molecule has 1 heterocycles. The molecule has 0 amide bonds. The molecule has 16 heavy (non-hydrogen) atoms. The quantitative estimate of drug-likeness (QED) is 0.687. The molecule has 1 rings (SSSR count). The number of hydrogen-bond acceptors (Lipinski definition) is 6. The Kier molecular flexibility index (Phi) is 5.60. The molecule has 0 saturated carbocycles. The molecule has 5 atom stereocenters. The van der Waals surface area contributed by atoms with Crippen molar-refractivity contribution in [2.75, 3.05) is 35.0 Å². The first kappa shape index (κ1) is 13.8. The van der Waals surface area contributed by atoms with Crippen LogP contribution in [-0.2, 0) is 23.7 Å². The molecule has 96 valence electrons. The van der Waals surface area contributed by atoms with Gasteiger partial charge in [-0.2, -0.15) is 0 Å². The van der Waals surface area contributed by atoms with E-state index in [-0.39, 0.29) is 18.3 Å². The molecule has 0 radical (unpaired) electrons. The van der Waals surface area contributed by atoms with Crippen molar-refractivity contribution in [2.45, 2.75) is 30.7 Å². The third-order valence-corrected chi connectivity index (χ3v) is 2.76. The van der Waals surface area contributed by atoms with E-state index in [1.807, 2.05) is 0 Å². The normalized spacial score (nSPS) is 39.9. The first-order valence-electron chi connectivity index (χ1n) is 5.10. The summed E-state index contributed by atoms with van der Waals surface area (Å²) < 4.78 is 26.1. The van der Waals surface area contributed by atoms with Gasteiger partial charge in [-0.25, -0.2) is 0 Å². The van der Waals surface area contributed by atoms with Crippen molar-refractivity contribution in [3.05, 3.63) is 0 Å². The van der Waals surface area contributed by atoms with Gasteiger partial charge in [0, 0.05) is 28.4 Å². The first-order chi connectivity index (χ1) is 7.69. The van der Waals surface area contributed by atoms with Crippen LogP contribution in [0.4, 0.5) is 0 Å². The minimum atomic E-state index is -1.04. The predicted octanol–water partition coefficient (Wildman–Crippen LogP) is -0.605. The standard InChI is InChI=1S/C10H20O6/c1-12-5-6-7(13-2)8(14-3)9(15-4)10(11)16-6/h6-11H,5H2,1-4H3/t6-,7+,8+,9-,10?/m1/s1. The molecule has 0 aromatic rings. The molecular formula is C10H20O6. The van der Waals surface area contributed by atoms with E-state index in [1.165, 1.54) is 7.11 Å². The Morgan fingerprint density at radius 3 is 1.94 bits per heavy atom. The minimum Gasteiger partial charge on any atom is -0.382 e. The summed E-state index contributed by atoms with van der Waals surface area (Å²) in [5, 5.41) is 9.74. The summed E-state index contributed by atoms with van der Waals surface area (Å²) in [6.07, 6.45) is -2.71. The molecule has 0 aromatic carbocycles. The smallest absolute Gasteiger partial charge is 0.184 e. The van der Waals surface area contributed by atoms with Crippen LogP contribution < -0.4 is 0 Å². The summed E-state index contributed by atoms with van der Waals surface area (Å²) in [7, 11) is 6.16. The highest BCUT2D eigenvalue weighted by Crippen LogP contribution is 2.25. The lowest BCUT2D eigenvalue weighted by molar-refractivity contribution is -0.300. The molecule has 0 aromatic heterocycles. The highest BCUT2D eigenvalue weighted by atomic mass is 16.7. The van der Waals surface area contributed by atoms with Crippen LogP contribution in [0, 0.1) is 0 Å². The van der Waals surface area contributed by atoms with Gasteiger partial charge in [-0.1, -0.05) is 0 Å². The minimum absolute atomic E-state index is 0.325. The van der Waals surface area contributed by atoms with Crippen LogP contribution in [0.3, 0.4) is 0 Å². The molecule has 1 saturated heterocycles. The maximum absolute atomic E-state index is 9.74. The van der Waals surface area contributed by atoms with Crippen molar-refractivity contribution in [1.82, 2.24) is 0 Å². The van der Waals surface area contributed by atoms with Gasteiger partial charge < -0.3 is 28.8 Å². The van der Waals surface area contributed by atoms with Crippen LogP contribution in [0.1, 0.15) is 0 Å². The molecular weight excluding hydrogens is 216 g/mol. The zero-order valence-electron chi connectivity index (χ0n) is 10.1. The van der Waals surface area contributed by atoms with Crippen molar-refractivity contribution < 1.29 is 28.8 Å². The SMILES string of the molecule is COC[C@H]1OC(O)[C@H](OC)[C@@H](OC)[C@H]1OC. The van der Waals surface area contributed by atoms with Crippen LogP contribution in [0.5, 0.6) is 0 Å². The third-order valence-electron chi connectivity index (χ3n) is 2.76. The lowest BCUT2D eigenvalue weighted by atomic mass is 9.98. The number of aliphatic hydroxyl groups is 1. The fourth-order valence-corrected chi connectivity index (χ4v) is 2.00. The second-order valence-corrected chi connectivity index (χ2v) is 3.62. The average molecular weight is 236 g/mol. The molecule has 1 fully saturated rings. The molecule has 1 N–H and O–H groups in total. The Hall–Kier alpha value is -0.240. The second kappa shape index (κ2) is 6.48. The number of methoxy groups -OCH3 is 4. The van der Waals surface area contributed by atoms with Crippen molar-refractivity contribution in [2.24, 2.45) is 0 Å². The van der Waals surface area contributed by atoms with E-state index < -0.39 is 12.4 Å². The molecule has 1 unspecified atom stereocenters. The van der Waals surface area contributed by atoms with Gasteiger partial charge in [0.1, 0.15) is 24.4 Å². The van der Waals surface area contributed by atoms with E-state index >= 15 is 0 Å². The van der Waals surface area contributed by atoms with Crippen LogP contribution in [0.25, 0.3) is 0 Å². The fourth-order valence-electron chi connectivity index (χ4n) is 2.00. The summed E-state index contributed by atoms with van der Waals surface area (Å²) in [5.41, 5.74) is 0. The molecule has 0 bridgehead atoms. The van der Waals surface area contributed by atoms with Crippen LogP contribution in [-0.4, -0.2) is 70.9 Å². The van der Waals surface area contributed by atoms with E-state index in [2.05, 4.69) is 0 Å². The summed E-state index contributed by atoms with van der Waals surface area (Å²) >= 11 is 0. The summed E-state index contributed by atoms with van der Waals surface area (Å²) in [6, 6.07) is 0. The van der Waals surface area contributed by atoms with Crippen LogP contribution in [0.15, 0.2) is 0 Å². The number of aliphatic hydroxyl groups excluding tert-OH is 1. The highest BCUT2D eigenvalue weighted by Gasteiger charge is 2.46. The van der Waals surface area contributed by atoms with Gasteiger partial charge in [0.2, 0.25) is 0 Å². The number of ether oxygens (including phenoxy) is 5. The largest absolute Gasteiger partial charge is 0.382 e. The Morgan fingerprint density at radius 2 is 1.50 bits per heavy atom. The van der Waals surface area contributed by atoms with Crippen molar-refractivity contribution in [3.63, 3.8) is 0 Å². The Bertz CT molecular complexity index is 200. The lowest BCUT2D eigenvalue weighted by Crippen LogP contribution is -2.60. The van der Waals surface area contributed by atoms with Crippen molar-refractivity contribution in [3.8, 4) is 0 Å². The van der Waals surface area contributed by atoms with Gasteiger partial charge in [0.05, 0.1) is 6.61 Å². The van der Waals surface area contributed by atoms with Gasteiger partial charge in [-0.05, 0) is 0 Å². The first-order valence-corrected chi connectivity index (χ1v) is 5.10. The number of rotatable bonds is 5. The fraction of sp³-hybridized carbons (Fsp3) is 1.00. The number of hydrogen-bond donors (Lipinski definition) is 1. The second-order valence-electron chi connectivity index (χ2n) is 3.62. The average Bonchev–Trinajstić information content (AvgIpc) is 2.28. The third kappa shape index (κ3) is 2.71. The Morgan fingerprint density at radius 1 is 0.938 bits per heavy atom. The van der Waals surface area contributed by atoms with Crippen molar-refractivity contribution >= 4 is 0 Å². The van der Waals surface area contributed by atoms with Gasteiger partial charge in [-0.15, -0.1) is 0 Å². The van der Waals surface area contributed by atoms with Gasteiger partial charge in [-0.3, -0.25) is 0 Å². The maximum atomic E-state index is 9.74. The van der Waals surface area contributed by atoms with Crippen LogP contribution in [0.2, 0.25) is 0 Å². The lowest BCUT2D eigenvalue weighted by Gasteiger charge is -2.42. The molecule has 1 aliphatic rings. The summed E-state index contributed by atoms with van der Waals surface area (Å²) in [5.74, 6) is 0. The van der Waals surface area contributed by atoms with Gasteiger partial charge in [0.15, 0.2) is 6.29 Å². The summed E-state index contributed by atoms with van der Waals surface area (Å²) in [6.45, 7) is 0.325. The molecule has 1 aliphatic heterocycles. The van der Waals surface area contributed by atoms with E-state index in [0.29, 0.717) is 6.61 Å². The topological polar surface area (TPSA) is 66.4 Å². The molecule has 6 heteroatoms. The Labute approximate surface area is 95.4 Å². The van der Waals surface area contributed by atoms with E-state index in [1.54, 1.807) is 21.3 Å². The van der Waals surface area contributed by atoms with E-state index in [4.69, 9.17) is 23.7 Å². The highest BCUT2D eigenvalue weighted by molar-refractivity contribution is 4.91. The molecule has 0 aliphatic carbocycles. The maximum Gasteiger partial charge on any atom is 0.184 e.